The molecule has 1 aromatic carbocycles. The molecule has 8 nitrogen and oxygen atoms in total. The van der Waals surface area contributed by atoms with Gasteiger partial charge in [0.1, 0.15) is 5.60 Å². The van der Waals surface area contributed by atoms with Gasteiger partial charge in [0, 0.05) is 11.6 Å². The first-order valence-electron chi connectivity index (χ1n) is 15.4. The number of H-pyrrole nitrogens is 1. The number of nitrogens with one attached hydrogen (secondary N) is 1. The van der Waals surface area contributed by atoms with Crippen molar-refractivity contribution < 1.29 is 15.0 Å². The van der Waals surface area contributed by atoms with E-state index in [1.807, 2.05) is 53.3 Å². The molecule has 3 aromatic heterocycles. The number of hydrogen-bond donors (Lipinski definition) is 3. The molecule has 8 rings (SSSR count). The summed E-state index contributed by atoms with van der Waals surface area (Å²) >= 11 is 1.35. The SMILES string of the molecule is CC12Cc3cnn(-c4ccccn4)c3C=C1CCC1C2[C@@H](O)CC2(C)C1CC[C@]2(O)C(=O)CSc1nc2ccccc2[nH]1. The fourth-order valence-electron chi connectivity index (χ4n) is 9.56. The molecular weight excluding hydrogens is 558 g/mol. The molecule has 5 unspecified atom stereocenters. The van der Waals surface area contributed by atoms with Crippen molar-refractivity contribution in [1.82, 2.24) is 24.7 Å². The number of para-hydroxylation sites is 2. The average Bonchev–Trinajstić information content (AvgIpc) is 3.68. The van der Waals surface area contributed by atoms with Crippen molar-refractivity contribution in [1.29, 1.82) is 0 Å². The zero-order valence-electron chi connectivity index (χ0n) is 24.5. The van der Waals surface area contributed by atoms with E-state index in [1.54, 1.807) is 6.20 Å². The monoisotopic (exact) mass is 595 g/mol. The van der Waals surface area contributed by atoms with Crippen molar-refractivity contribution in [2.45, 2.75) is 69.2 Å². The van der Waals surface area contributed by atoms with Crippen molar-refractivity contribution in [2.24, 2.45) is 28.6 Å². The van der Waals surface area contributed by atoms with E-state index in [0.717, 1.165) is 48.2 Å². The summed E-state index contributed by atoms with van der Waals surface area (Å²) in [5, 5.41) is 29.5. The van der Waals surface area contributed by atoms with Crippen LogP contribution in [0.1, 0.15) is 57.2 Å². The molecular formula is C34H37N5O3S. The van der Waals surface area contributed by atoms with Gasteiger partial charge < -0.3 is 15.2 Å². The van der Waals surface area contributed by atoms with E-state index in [9.17, 15) is 15.0 Å². The molecule has 0 radical (unpaired) electrons. The van der Waals surface area contributed by atoms with Gasteiger partial charge in [0.05, 0.1) is 34.8 Å². The van der Waals surface area contributed by atoms with Gasteiger partial charge in [-0.1, -0.05) is 49.4 Å². The van der Waals surface area contributed by atoms with E-state index < -0.39 is 17.1 Å². The van der Waals surface area contributed by atoms with Gasteiger partial charge in [-0.15, -0.1) is 0 Å². The Labute approximate surface area is 255 Å². The van der Waals surface area contributed by atoms with Gasteiger partial charge in [0.15, 0.2) is 16.8 Å². The number of aliphatic hydroxyl groups is 2. The number of pyridine rings is 1. The number of rotatable bonds is 5. The van der Waals surface area contributed by atoms with E-state index in [4.69, 9.17) is 5.10 Å². The largest absolute Gasteiger partial charge is 0.393 e. The van der Waals surface area contributed by atoms with E-state index >= 15 is 0 Å². The molecule has 0 bridgehead atoms. The quantitative estimate of drug-likeness (QED) is 0.265. The zero-order chi connectivity index (χ0) is 29.6. The van der Waals surface area contributed by atoms with E-state index in [-0.39, 0.29) is 34.7 Å². The summed E-state index contributed by atoms with van der Waals surface area (Å²) in [5.41, 5.74) is 3.11. The van der Waals surface area contributed by atoms with Crippen molar-refractivity contribution in [3.8, 4) is 5.82 Å². The van der Waals surface area contributed by atoms with Crippen molar-refractivity contribution in [2.75, 3.05) is 5.75 Å². The molecule has 9 heteroatoms. The molecule has 222 valence electrons. The molecule has 0 aliphatic heterocycles. The molecule has 3 saturated carbocycles. The second-order valence-electron chi connectivity index (χ2n) is 13.6. The normalized spacial score (nSPS) is 34.7. The first-order valence-corrected chi connectivity index (χ1v) is 16.4. The average molecular weight is 596 g/mol. The number of fused-ring (bicyclic) bond motifs is 7. The summed E-state index contributed by atoms with van der Waals surface area (Å²) < 4.78 is 1.93. The first kappa shape index (κ1) is 27.3. The van der Waals surface area contributed by atoms with Gasteiger partial charge in [0.25, 0.3) is 0 Å². The Kier molecular flexibility index (Phi) is 6.10. The van der Waals surface area contributed by atoms with Crippen molar-refractivity contribution in [3.63, 3.8) is 0 Å². The smallest absolute Gasteiger partial charge is 0.175 e. The number of benzene rings is 1. The second kappa shape index (κ2) is 9.61. The van der Waals surface area contributed by atoms with Crippen molar-refractivity contribution in [3.05, 3.63) is 71.7 Å². The topological polar surface area (TPSA) is 117 Å². The lowest BCUT2D eigenvalue weighted by Gasteiger charge is -2.60. The Morgan fingerprint density at radius 3 is 2.81 bits per heavy atom. The van der Waals surface area contributed by atoms with Crippen LogP contribution in [0.15, 0.2) is 65.6 Å². The van der Waals surface area contributed by atoms with Crippen LogP contribution in [0.25, 0.3) is 22.9 Å². The second-order valence-corrected chi connectivity index (χ2v) is 14.6. The molecule has 4 aromatic rings. The number of aromatic nitrogens is 5. The Balaban J connectivity index is 1.05. The van der Waals surface area contributed by atoms with Gasteiger partial charge in [0.2, 0.25) is 0 Å². The molecule has 3 heterocycles. The van der Waals surface area contributed by atoms with Crippen LogP contribution < -0.4 is 0 Å². The lowest BCUT2D eigenvalue weighted by atomic mass is 9.45. The lowest BCUT2D eigenvalue weighted by molar-refractivity contribution is -0.177. The number of ketones is 1. The number of aromatic amines is 1. The van der Waals surface area contributed by atoms with Gasteiger partial charge >= 0.3 is 0 Å². The van der Waals surface area contributed by atoms with Crippen LogP contribution >= 0.6 is 11.8 Å². The Bertz CT molecular complexity index is 1730. The Morgan fingerprint density at radius 2 is 2.00 bits per heavy atom. The van der Waals surface area contributed by atoms with Crippen LogP contribution in [0, 0.1) is 28.6 Å². The Hall–Kier alpha value is -3.27. The third kappa shape index (κ3) is 3.90. The summed E-state index contributed by atoms with van der Waals surface area (Å²) in [6, 6.07) is 13.7. The maximum absolute atomic E-state index is 13.8. The number of aliphatic hydroxyl groups excluding tert-OH is 1. The summed E-state index contributed by atoms with van der Waals surface area (Å²) in [7, 11) is 0. The van der Waals surface area contributed by atoms with Crippen LogP contribution in [0.2, 0.25) is 0 Å². The van der Waals surface area contributed by atoms with E-state index in [0.29, 0.717) is 18.0 Å². The van der Waals surface area contributed by atoms with Gasteiger partial charge in [-0.2, -0.15) is 5.10 Å². The molecule has 4 aliphatic rings. The minimum atomic E-state index is -1.46. The summed E-state index contributed by atoms with van der Waals surface area (Å²) in [5.74, 6) is 1.30. The molecule has 7 atom stereocenters. The minimum Gasteiger partial charge on any atom is -0.393 e. The van der Waals surface area contributed by atoms with Crippen LogP contribution in [-0.2, 0) is 11.2 Å². The maximum Gasteiger partial charge on any atom is 0.175 e. The summed E-state index contributed by atoms with van der Waals surface area (Å²) in [4.78, 5) is 26.2. The number of hydrogen-bond acceptors (Lipinski definition) is 7. The highest BCUT2D eigenvalue weighted by atomic mass is 32.2. The number of Topliss-reactive ketones (excluding diaryl/α,β-unsaturated/α-hetero) is 1. The maximum atomic E-state index is 13.8. The highest BCUT2D eigenvalue weighted by Gasteiger charge is 2.68. The van der Waals surface area contributed by atoms with Gasteiger partial charge in [-0.25, -0.2) is 14.6 Å². The number of nitrogens with zero attached hydrogens (tertiary/aromatic N) is 4. The predicted molar refractivity (Wildman–Crippen MR) is 166 cm³/mol. The standard InChI is InChI=1S/C34H37N5O3S/c1-32-16-20-18-36-39(29-9-5-6-14-35-29)26(20)15-21(32)10-11-22-23-12-13-34(42,33(23,2)17-27(40)30(22)32)28(41)19-43-31-37-24-7-3-4-8-25(24)38-31/h3-9,14-15,18,22-23,27,30,40,42H,10-13,16-17,19H2,1-2H3,(H,37,38)/t22?,23?,27-,30?,32?,33?,34-/m0/s1. The molecule has 4 aliphatic carbocycles. The van der Waals surface area contributed by atoms with Crippen LogP contribution in [-0.4, -0.2) is 58.2 Å². The van der Waals surface area contributed by atoms with Gasteiger partial charge in [-0.05, 0) is 97.6 Å². The fraction of sp³-hybridized carbons (Fsp3) is 0.471. The summed E-state index contributed by atoms with van der Waals surface area (Å²) in [6.45, 7) is 4.39. The predicted octanol–water partition coefficient (Wildman–Crippen LogP) is 5.39. The molecule has 0 amide bonds. The fourth-order valence-corrected chi connectivity index (χ4v) is 10.4. The van der Waals surface area contributed by atoms with Crippen molar-refractivity contribution >= 4 is 34.7 Å². The third-order valence-corrected chi connectivity index (χ3v) is 12.5. The molecule has 3 fully saturated rings. The first-order chi connectivity index (χ1) is 20.7. The number of carbonyl (C=O) groups excluding carboxylic acids is 1. The highest BCUT2D eigenvalue weighted by molar-refractivity contribution is 7.99. The molecule has 43 heavy (non-hydrogen) atoms. The number of thioether (sulfide) groups is 1. The van der Waals surface area contributed by atoms with E-state index in [2.05, 4.69) is 34.9 Å². The van der Waals surface area contributed by atoms with Crippen LogP contribution in [0.5, 0.6) is 0 Å². The lowest BCUT2D eigenvalue weighted by Crippen LogP contribution is -2.62. The molecule has 0 spiro atoms. The number of imidazole rings is 1. The number of allylic oxidation sites excluding steroid dienone is 1. The van der Waals surface area contributed by atoms with Gasteiger partial charge in [-0.3, -0.25) is 4.79 Å². The molecule has 0 saturated heterocycles. The Morgan fingerprint density at radius 1 is 1.16 bits per heavy atom. The zero-order valence-corrected chi connectivity index (χ0v) is 25.3. The van der Waals surface area contributed by atoms with Crippen LogP contribution in [0.3, 0.4) is 0 Å². The third-order valence-electron chi connectivity index (χ3n) is 11.6. The summed E-state index contributed by atoms with van der Waals surface area (Å²) in [6.07, 6.45) is 9.83. The van der Waals surface area contributed by atoms with Crippen LogP contribution in [0.4, 0.5) is 0 Å². The number of carbonyl (C=O) groups is 1. The molecule has 3 N–H and O–H groups in total. The van der Waals surface area contributed by atoms with E-state index in [1.165, 1.54) is 22.9 Å². The highest BCUT2D eigenvalue weighted by Crippen LogP contribution is 2.67. The minimum absolute atomic E-state index is 0.0688.